The van der Waals surface area contributed by atoms with Gasteiger partial charge in [0.05, 0.1) is 0 Å². The molecule has 1 fully saturated rings. The van der Waals surface area contributed by atoms with Gasteiger partial charge in [0.1, 0.15) is 5.78 Å². The molecule has 1 aliphatic heterocycles. The summed E-state index contributed by atoms with van der Waals surface area (Å²) in [6.45, 7) is 5.26. The van der Waals surface area contributed by atoms with E-state index in [1.165, 1.54) is 0 Å². The lowest BCUT2D eigenvalue weighted by Crippen LogP contribution is -2.39. The summed E-state index contributed by atoms with van der Waals surface area (Å²) in [6, 6.07) is 0. The molecule has 82 valence electrons. The Kier molecular flexibility index (Phi) is 5.12. The van der Waals surface area contributed by atoms with Crippen molar-refractivity contribution in [1.82, 2.24) is 4.90 Å². The number of unbranched alkanes of at least 4 members (excludes halogenated alkanes) is 2. The highest BCUT2D eigenvalue weighted by Crippen LogP contribution is 2.12. The number of aliphatic hydroxyl groups excluding tert-OH is 1. The van der Waals surface area contributed by atoms with E-state index in [0.29, 0.717) is 12.4 Å². The Labute approximate surface area is 86.1 Å². The Bertz CT molecular complexity index is 182. The van der Waals surface area contributed by atoms with Crippen molar-refractivity contribution in [3.63, 3.8) is 0 Å². The van der Waals surface area contributed by atoms with E-state index in [9.17, 15) is 4.79 Å². The Balaban J connectivity index is 2.10. The van der Waals surface area contributed by atoms with E-state index in [1.807, 2.05) is 6.92 Å². The molecule has 1 saturated heterocycles. The van der Waals surface area contributed by atoms with E-state index in [-0.39, 0.29) is 5.92 Å². The van der Waals surface area contributed by atoms with Crippen molar-refractivity contribution in [2.24, 2.45) is 5.92 Å². The van der Waals surface area contributed by atoms with Crippen LogP contribution < -0.4 is 0 Å². The predicted octanol–water partition coefficient (Wildman–Crippen LogP) is 1.06. The largest absolute Gasteiger partial charge is 0.396 e. The number of carbonyl (C=O) groups excluding carboxylic acids is 1. The fourth-order valence-corrected chi connectivity index (χ4v) is 1.92. The van der Waals surface area contributed by atoms with E-state index >= 15 is 0 Å². The van der Waals surface area contributed by atoms with E-state index in [4.69, 9.17) is 5.11 Å². The smallest absolute Gasteiger partial charge is 0.138 e. The first-order chi connectivity index (χ1) is 6.74. The zero-order chi connectivity index (χ0) is 10.4. The van der Waals surface area contributed by atoms with Gasteiger partial charge >= 0.3 is 0 Å². The fraction of sp³-hybridized carbons (Fsp3) is 0.909. The lowest BCUT2D eigenvalue weighted by atomic mass is 9.98. The van der Waals surface area contributed by atoms with Crippen LogP contribution in [-0.4, -0.2) is 42.0 Å². The van der Waals surface area contributed by atoms with Crippen LogP contribution in [0.15, 0.2) is 0 Å². The van der Waals surface area contributed by atoms with Gasteiger partial charge in [-0.15, -0.1) is 0 Å². The SMILES string of the molecule is CC1CN(CCCCCO)CCC1=O. The minimum Gasteiger partial charge on any atom is -0.396 e. The summed E-state index contributed by atoms with van der Waals surface area (Å²) in [5.41, 5.74) is 0. The first kappa shape index (κ1) is 11.7. The molecule has 3 nitrogen and oxygen atoms in total. The second-order valence-electron chi connectivity index (χ2n) is 4.20. The van der Waals surface area contributed by atoms with Crippen LogP contribution in [0.3, 0.4) is 0 Å². The van der Waals surface area contributed by atoms with Gasteiger partial charge in [-0.25, -0.2) is 0 Å². The number of ketones is 1. The third kappa shape index (κ3) is 3.76. The summed E-state index contributed by atoms with van der Waals surface area (Å²) in [5, 5.41) is 8.62. The van der Waals surface area contributed by atoms with Crippen LogP contribution in [0.25, 0.3) is 0 Å². The minimum atomic E-state index is 0.224. The van der Waals surface area contributed by atoms with E-state index in [1.54, 1.807) is 0 Å². The van der Waals surface area contributed by atoms with Crippen molar-refractivity contribution in [3.05, 3.63) is 0 Å². The molecule has 0 saturated carbocycles. The van der Waals surface area contributed by atoms with E-state index in [0.717, 1.165) is 45.3 Å². The number of carbonyl (C=O) groups is 1. The summed E-state index contributed by atoms with van der Waals surface area (Å²) < 4.78 is 0. The number of piperidine rings is 1. The number of likely N-dealkylation sites (tertiary alicyclic amines) is 1. The molecule has 1 atom stereocenters. The highest BCUT2D eigenvalue weighted by atomic mass is 16.2. The van der Waals surface area contributed by atoms with Crippen LogP contribution in [-0.2, 0) is 4.79 Å². The summed E-state index contributed by atoms with van der Waals surface area (Å²) >= 11 is 0. The zero-order valence-electron chi connectivity index (χ0n) is 9.04. The Morgan fingerprint density at radius 1 is 1.43 bits per heavy atom. The van der Waals surface area contributed by atoms with Crippen LogP contribution in [0.2, 0.25) is 0 Å². The van der Waals surface area contributed by atoms with Gasteiger partial charge in [-0.05, 0) is 25.8 Å². The second-order valence-corrected chi connectivity index (χ2v) is 4.20. The molecule has 0 spiro atoms. The number of rotatable bonds is 5. The number of Topliss-reactive ketones (excluding diaryl/α,β-unsaturated/α-hetero) is 1. The molecule has 14 heavy (non-hydrogen) atoms. The Morgan fingerprint density at radius 3 is 2.86 bits per heavy atom. The van der Waals surface area contributed by atoms with Crippen molar-refractivity contribution < 1.29 is 9.90 Å². The summed E-state index contributed by atoms with van der Waals surface area (Å²) in [6.07, 6.45) is 3.86. The highest BCUT2D eigenvalue weighted by Gasteiger charge is 2.22. The minimum absolute atomic E-state index is 0.224. The van der Waals surface area contributed by atoms with Gasteiger partial charge in [0.15, 0.2) is 0 Å². The van der Waals surface area contributed by atoms with Gasteiger partial charge in [0.2, 0.25) is 0 Å². The van der Waals surface area contributed by atoms with Gasteiger partial charge < -0.3 is 10.0 Å². The average Bonchev–Trinajstić information content (AvgIpc) is 2.18. The lowest BCUT2D eigenvalue weighted by molar-refractivity contribution is -0.125. The molecule has 3 heteroatoms. The van der Waals surface area contributed by atoms with Gasteiger partial charge in [0, 0.05) is 32.0 Å². The molecule has 1 rings (SSSR count). The van der Waals surface area contributed by atoms with Crippen molar-refractivity contribution in [2.45, 2.75) is 32.6 Å². The first-order valence-corrected chi connectivity index (χ1v) is 5.60. The maximum absolute atomic E-state index is 11.3. The normalized spacial score (nSPS) is 24.1. The molecule has 0 aromatic carbocycles. The topological polar surface area (TPSA) is 40.5 Å². The van der Waals surface area contributed by atoms with Gasteiger partial charge in [0.25, 0.3) is 0 Å². The van der Waals surface area contributed by atoms with Crippen LogP contribution in [0.1, 0.15) is 32.6 Å². The molecule has 0 aromatic rings. The Morgan fingerprint density at radius 2 is 2.21 bits per heavy atom. The maximum Gasteiger partial charge on any atom is 0.138 e. The molecule has 1 heterocycles. The fourth-order valence-electron chi connectivity index (χ4n) is 1.92. The van der Waals surface area contributed by atoms with Gasteiger partial charge in [-0.2, -0.15) is 0 Å². The summed E-state index contributed by atoms with van der Waals surface area (Å²) in [5.74, 6) is 0.637. The first-order valence-electron chi connectivity index (χ1n) is 5.60. The number of nitrogens with zero attached hydrogens (tertiary/aromatic N) is 1. The number of hydrogen-bond donors (Lipinski definition) is 1. The van der Waals surface area contributed by atoms with E-state index < -0.39 is 0 Å². The third-order valence-corrected chi connectivity index (χ3v) is 2.89. The van der Waals surface area contributed by atoms with Crippen molar-refractivity contribution >= 4 is 5.78 Å². The molecule has 0 aromatic heterocycles. The highest BCUT2D eigenvalue weighted by molar-refractivity contribution is 5.81. The molecule has 1 aliphatic rings. The molecule has 0 aliphatic carbocycles. The molecule has 0 radical (unpaired) electrons. The molecular weight excluding hydrogens is 178 g/mol. The Hall–Kier alpha value is -0.410. The number of hydrogen-bond acceptors (Lipinski definition) is 3. The van der Waals surface area contributed by atoms with Crippen molar-refractivity contribution in [1.29, 1.82) is 0 Å². The lowest BCUT2D eigenvalue weighted by Gasteiger charge is -2.29. The van der Waals surface area contributed by atoms with E-state index in [2.05, 4.69) is 4.90 Å². The van der Waals surface area contributed by atoms with Gasteiger partial charge in [-0.1, -0.05) is 6.92 Å². The second kappa shape index (κ2) is 6.14. The van der Waals surface area contributed by atoms with Crippen molar-refractivity contribution in [2.75, 3.05) is 26.2 Å². The van der Waals surface area contributed by atoms with Crippen LogP contribution >= 0.6 is 0 Å². The maximum atomic E-state index is 11.3. The predicted molar refractivity (Wildman–Crippen MR) is 56.2 cm³/mol. The standard InChI is InChI=1S/C11H21NO2/c1-10-9-12(7-5-11(10)14)6-3-2-4-8-13/h10,13H,2-9H2,1H3. The summed E-state index contributed by atoms with van der Waals surface area (Å²) in [7, 11) is 0. The van der Waals surface area contributed by atoms with Crippen molar-refractivity contribution in [3.8, 4) is 0 Å². The van der Waals surface area contributed by atoms with Crippen LogP contribution in [0, 0.1) is 5.92 Å². The molecule has 0 amide bonds. The molecule has 1 unspecified atom stereocenters. The average molecular weight is 199 g/mol. The zero-order valence-corrected chi connectivity index (χ0v) is 9.04. The third-order valence-electron chi connectivity index (χ3n) is 2.89. The monoisotopic (exact) mass is 199 g/mol. The van der Waals surface area contributed by atoms with Gasteiger partial charge in [-0.3, -0.25) is 4.79 Å². The molecular formula is C11H21NO2. The molecule has 1 N–H and O–H groups in total. The molecule has 0 bridgehead atoms. The van der Waals surface area contributed by atoms with Crippen LogP contribution in [0.4, 0.5) is 0 Å². The quantitative estimate of drug-likeness (QED) is 0.673. The van der Waals surface area contributed by atoms with Crippen LogP contribution in [0.5, 0.6) is 0 Å². The number of aliphatic hydroxyl groups is 1. The summed E-state index contributed by atoms with van der Waals surface area (Å²) in [4.78, 5) is 13.6.